The van der Waals surface area contributed by atoms with Crippen LogP contribution in [-0.2, 0) is 0 Å². The summed E-state index contributed by atoms with van der Waals surface area (Å²) in [6, 6.07) is 52.1. The van der Waals surface area contributed by atoms with E-state index in [0.29, 0.717) is 17.5 Å². The van der Waals surface area contributed by atoms with E-state index in [-0.39, 0.29) is 0 Å². The van der Waals surface area contributed by atoms with Gasteiger partial charge in [-0.2, -0.15) is 0 Å². The molecule has 0 saturated heterocycles. The predicted molar refractivity (Wildman–Crippen MR) is 199 cm³/mol. The van der Waals surface area contributed by atoms with E-state index < -0.39 is 0 Å². The zero-order valence-electron chi connectivity index (χ0n) is 26.2. The molecule has 0 unspecified atom stereocenters. The van der Waals surface area contributed by atoms with Crippen molar-refractivity contribution in [3.8, 4) is 45.3 Å². The summed E-state index contributed by atoms with van der Waals surface area (Å²) in [7, 11) is 0. The molecule has 0 radical (unpaired) electrons. The number of aromatic nitrogens is 4. The number of rotatable bonds is 4. The van der Waals surface area contributed by atoms with E-state index >= 15 is 0 Å². The maximum absolute atomic E-state index is 6.40. The highest BCUT2D eigenvalue weighted by Crippen LogP contribution is 2.40. The third kappa shape index (κ3) is 4.48. The average molecular weight is 627 g/mol. The summed E-state index contributed by atoms with van der Waals surface area (Å²) in [5, 5.41) is 7.67. The lowest BCUT2D eigenvalue weighted by atomic mass is 9.95. The van der Waals surface area contributed by atoms with Crippen LogP contribution in [0.25, 0.3) is 99.7 Å². The second-order valence-electron chi connectivity index (χ2n) is 12.2. The van der Waals surface area contributed by atoms with E-state index in [0.717, 1.165) is 71.4 Å². The molecule has 5 heteroatoms. The number of hydrogen-bond donors (Lipinski definition) is 0. The highest BCUT2D eigenvalue weighted by atomic mass is 16.3. The second kappa shape index (κ2) is 10.9. The monoisotopic (exact) mass is 626 g/mol. The van der Waals surface area contributed by atoms with Crippen molar-refractivity contribution in [2.45, 2.75) is 0 Å². The van der Waals surface area contributed by atoms with Crippen LogP contribution in [0, 0.1) is 0 Å². The first kappa shape index (κ1) is 27.4. The second-order valence-corrected chi connectivity index (χ2v) is 12.2. The molecule has 49 heavy (non-hydrogen) atoms. The highest BCUT2D eigenvalue weighted by Gasteiger charge is 2.20. The summed E-state index contributed by atoms with van der Waals surface area (Å²) in [6.07, 6.45) is 1.83. The molecule has 10 rings (SSSR count). The van der Waals surface area contributed by atoms with Gasteiger partial charge in [-0.05, 0) is 63.0 Å². The zero-order valence-corrected chi connectivity index (χ0v) is 26.2. The van der Waals surface area contributed by atoms with Crippen molar-refractivity contribution in [3.05, 3.63) is 158 Å². The molecule has 228 valence electrons. The maximum atomic E-state index is 6.40. The van der Waals surface area contributed by atoms with Crippen molar-refractivity contribution in [1.82, 2.24) is 19.9 Å². The number of hydrogen-bond acceptors (Lipinski definition) is 5. The van der Waals surface area contributed by atoms with Gasteiger partial charge in [-0.3, -0.25) is 4.98 Å². The van der Waals surface area contributed by atoms with Crippen LogP contribution in [0.3, 0.4) is 0 Å². The lowest BCUT2D eigenvalue weighted by Gasteiger charge is -2.13. The summed E-state index contributed by atoms with van der Waals surface area (Å²) in [5.74, 6) is 1.74. The first-order valence-electron chi connectivity index (χ1n) is 16.3. The van der Waals surface area contributed by atoms with Gasteiger partial charge in [-0.15, -0.1) is 0 Å². The van der Waals surface area contributed by atoms with Gasteiger partial charge in [-0.25, -0.2) is 15.0 Å². The summed E-state index contributed by atoms with van der Waals surface area (Å²) in [5.41, 5.74) is 7.36. The largest absolute Gasteiger partial charge is 0.456 e. The molecule has 0 saturated carbocycles. The zero-order chi connectivity index (χ0) is 32.3. The standard InChI is InChI=1S/C44H26N4O/c1-3-11-27(12-4-1)30-21-23-38-36(25-30)40-34(17-9-19-39(40)49-38)43-46-42(29-14-5-2-6-15-29)47-44(48-43)37-26-35-31-16-8-7-13-28(31)20-22-32(35)33-18-10-24-45-41(33)37/h1-26H. The van der Waals surface area contributed by atoms with E-state index in [4.69, 9.17) is 24.4 Å². The van der Waals surface area contributed by atoms with Gasteiger partial charge in [0, 0.05) is 39.0 Å². The van der Waals surface area contributed by atoms with E-state index in [1.165, 1.54) is 10.8 Å². The third-order valence-electron chi connectivity index (χ3n) is 9.36. The van der Waals surface area contributed by atoms with Crippen LogP contribution in [0.1, 0.15) is 0 Å². The molecule has 0 N–H and O–H groups in total. The quantitative estimate of drug-likeness (QED) is 0.182. The van der Waals surface area contributed by atoms with Crippen LogP contribution >= 0.6 is 0 Å². The minimum Gasteiger partial charge on any atom is -0.456 e. The lowest BCUT2D eigenvalue weighted by molar-refractivity contribution is 0.669. The lowest BCUT2D eigenvalue weighted by Crippen LogP contribution is -2.01. The molecule has 3 heterocycles. The Morgan fingerprint density at radius 2 is 1.12 bits per heavy atom. The predicted octanol–water partition coefficient (Wildman–Crippen LogP) is 11.3. The van der Waals surface area contributed by atoms with Crippen LogP contribution in [0.4, 0.5) is 0 Å². The topological polar surface area (TPSA) is 64.7 Å². The van der Waals surface area contributed by atoms with Gasteiger partial charge in [0.15, 0.2) is 17.5 Å². The van der Waals surface area contributed by atoms with Gasteiger partial charge in [0.2, 0.25) is 0 Å². The summed E-state index contributed by atoms with van der Waals surface area (Å²) in [6.45, 7) is 0. The van der Waals surface area contributed by atoms with Crippen molar-refractivity contribution >= 4 is 54.4 Å². The van der Waals surface area contributed by atoms with Gasteiger partial charge in [0.25, 0.3) is 0 Å². The van der Waals surface area contributed by atoms with Crippen molar-refractivity contribution in [2.75, 3.05) is 0 Å². The fourth-order valence-electron chi connectivity index (χ4n) is 7.06. The van der Waals surface area contributed by atoms with E-state index in [2.05, 4.69) is 91.0 Å². The molecular weight excluding hydrogens is 601 g/mol. The van der Waals surface area contributed by atoms with Crippen molar-refractivity contribution in [2.24, 2.45) is 0 Å². The van der Waals surface area contributed by atoms with E-state index in [1.54, 1.807) is 0 Å². The first-order chi connectivity index (χ1) is 24.3. The van der Waals surface area contributed by atoms with Crippen LogP contribution < -0.4 is 0 Å². The van der Waals surface area contributed by atoms with Crippen LogP contribution in [0.2, 0.25) is 0 Å². The van der Waals surface area contributed by atoms with Gasteiger partial charge in [-0.1, -0.05) is 121 Å². The Bertz CT molecular complexity index is 2880. The Hall–Kier alpha value is -6.72. The molecule has 0 aliphatic carbocycles. The fourth-order valence-corrected chi connectivity index (χ4v) is 7.06. The Balaban J connectivity index is 1.27. The Morgan fingerprint density at radius 1 is 0.388 bits per heavy atom. The highest BCUT2D eigenvalue weighted by molar-refractivity contribution is 6.20. The summed E-state index contributed by atoms with van der Waals surface area (Å²) < 4.78 is 6.40. The van der Waals surface area contributed by atoms with Gasteiger partial charge >= 0.3 is 0 Å². The van der Waals surface area contributed by atoms with Gasteiger partial charge < -0.3 is 4.42 Å². The van der Waals surface area contributed by atoms with Gasteiger partial charge in [0.05, 0.1) is 5.52 Å². The Labute approximate surface area is 281 Å². The molecule has 0 bridgehead atoms. The molecule has 0 spiro atoms. The Kier molecular flexibility index (Phi) is 6.11. The van der Waals surface area contributed by atoms with Crippen molar-refractivity contribution in [1.29, 1.82) is 0 Å². The smallest absolute Gasteiger partial charge is 0.166 e. The van der Waals surface area contributed by atoms with Gasteiger partial charge in [0.1, 0.15) is 11.2 Å². The minimum atomic E-state index is 0.567. The SMILES string of the molecule is c1ccc(-c2ccc3oc4cccc(-c5nc(-c6ccccc6)nc(-c6cc7c8ccccc8ccc7c7cccnc67)n5)c4c3c2)cc1. The van der Waals surface area contributed by atoms with Crippen LogP contribution in [0.5, 0.6) is 0 Å². The molecule has 0 aliphatic heterocycles. The molecule has 5 nitrogen and oxygen atoms in total. The summed E-state index contributed by atoms with van der Waals surface area (Å²) >= 11 is 0. The number of pyridine rings is 1. The molecule has 0 amide bonds. The number of nitrogens with zero attached hydrogens (tertiary/aromatic N) is 4. The molecule has 3 aromatic heterocycles. The van der Waals surface area contributed by atoms with E-state index in [9.17, 15) is 0 Å². The number of furan rings is 1. The minimum absolute atomic E-state index is 0.567. The summed E-state index contributed by atoms with van der Waals surface area (Å²) in [4.78, 5) is 20.4. The average Bonchev–Trinajstić information content (AvgIpc) is 3.56. The van der Waals surface area contributed by atoms with Crippen LogP contribution in [-0.4, -0.2) is 19.9 Å². The maximum Gasteiger partial charge on any atom is 0.166 e. The number of benzene rings is 7. The third-order valence-corrected chi connectivity index (χ3v) is 9.36. The van der Waals surface area contributed by atoms with E-state index in [1.807, 2.05) is 66.9 Å². The number of fused-ring (bicyclic) bond motifs is 8. The van der Waals surface area contributed by atoms with Crippen LogP contribution in [0.15, 0.2) is 162 Å². The molecular formula is C44H26N4O. The molecule has 0 aliphatic rings. The van der Waals surface area contributed by atoms with Crippen molar-refractivity contribution < 1.29 is 4.42 Å². The normalized spacial score (nSPS) is 11.7. The Morgan fingerprint density at radius 3 is 1.98 bits per heavy atom. The molecule has 0 fully saturated rings. The molecule has 0 atom stereocenters. The molecule has 10 aromatic rings. The molecule has 7 aromatic carbocycles. The first-order valence-corrected chi connectivity index (χ1v) is 16.3. The fraction of sp³-hybridized carbons (Fsp3) is 0. The van der Waals surface area contributed by atoms with Crippen molar-refractivity contribution in [3.63, 3.8) is 0 Å².